The highest BCUT2D eigenvalue weighted by atomic mass is 32.2. The second-order valence-corrected chi connectivity index (χ2v) is 4.67. The third-order valence-electron chi connectivity index (χ3n) is 2.60. The fourth-order valence-electron chi connectivity index (χ4n) is 1.62. The van der Waals surface area contributed by atoms with Gasteiger partial charge in [0.1, 0.15) is 0 Å². The molecule has 0 radical (unpaired) electrons. The highest BCUT2D eigenvalue weighted by Gasteiger charge is 1.97. The van der Waals surface area contributed by atoms with Crippen LogP contribution in [0.25, 0.3) is 17.1 Å². The van der Waals surface area contributed by atoms with E-state index in [0.717, 1.165) is 16.2 Å². The highest BCUT2D eigenvalue weighted by molar-refractivity contribution is 7.98. The average molecular weight is 270 g/mol. The Hall–Kier alpha value is -2.00. The maximum Gasteiger partial charge on any atom is 0.166 e. The van der Waals surface area contributed by atoms with Gasteiger partial charge >= 0.3 is 0 Å². The highest BCUT2D eigenvalue weighted by Crippen LogP contribution is 2.15. The Labute approximate surface area is 119 Å². The normalized spacial score (nSPS) is 9.74. The van der Waals surface area contributed by atoms with E-state index in [1.54, 1.807) is 11.8 Å². The number of H-pyrrole nitrogens is 1. The van der Waals surface area contributed by atoms with Crippen LogP contribution in [0, 0.1) is 0 Å². The molecule has 98 valence electrons. The molecule has 0 aliphatic rings. The lowest BCUT2D eigenvalue weighted by molar-refractivity contribution is 1.09. The summed E-state index contributed by atoms with van der Waals surface area (Å²) in [5.74, 6) is 0. The van der Waals surface area contributed by atoms with Gasteiger partial charge in [0, 0.05) is 1.43 Å². The molecular formula is C16H18N2S. The summed E-state index contributed by atoms with van der Waals surface area (Å²) in [6.45, 7) is 3.63. The van der Waals surface area contributed by atoms with Crippen LogP contribution in [0.2, 0.25) is 0 Å². The van der Waals surface area contributed by atoms with Crippen LogP contribution in [-0.2, 0) is 0 Å². The van der Waals surface area contributed by atoms with Crippen LogP contribution < -0.4 is 0 Å². The van der Waals surface area contributed by atoms with Crippen molar-refractivity contribution in [3.8, 4) is 0 Å². The van der Waals surface area contributed by atoms with Gasteiger partial charge in [-0.1, -0.05) is 66.9 Å². The van der Waals surface area contributed by atoms with E-state index in [1.807, 2.05) is 66.9 Å². The van der Waals surface area contributed by atoms with Crippen LogP contribution in [0.3, 0.4) is 0 Å². The molecule has 2 aromatic carbocycles. The third-order valence-corrected chi connectivity index (χ3v) is 3.18. The topological polar surface area (TPSA) is 28.7 Å². The van der Waals surface area contributed by atoms with Crippen molar-refractivity contribution in [2.75, 3.05) is 6.26 Å². The van der Waals surface area contributed by atoms with Crippen molar-refractivity contribution in [3.05, 3.63) is 66.7 Å². The van der Waals surface area contributed by atoms with Crippen molar-refractivity contribution >= 4 is 28.9 Å². The SMILES string of the molecule is C=Cc1ccccc1.CSc1nc2ccccc2[nH]1.[HH]. The summed E-state index contributed by atoms with van der Waals surface area (Å²) in [7, 11) is 0. The quantitative estimate of drug-likeness (QED) is 0.674. The summed E-state index contributed by atoms with van der Waals surface area (Å²) in [5.41, 5.74) is 3.32. The Kier molecular flexibility index (Phi) is 4.81. The minimum absolute atomic E-state index is 0. The van der Waals surface area contributed by atoms with Gasteiger partial charge in [-0.3, -0.25) is 0 Å². The fourth-order valence-corrected chi connectivity index (χ4v) is 2.02. The molecule has 3 aromatic rings. The maximum atomic E-state index is 4.34. The molecule has 0 saturated heterocycles. The number of hydrogen-bond donors (Lipinski definition) is 1. The summed E-state index contributed by atoms with van der Waals surface area (Å²) in [6, 6.07) is 18.1. The molecule has 1 aromatic heterocycles. The van der Waals surface area contributed by atoms with Crippen LogP contribution in [0.15, 0.2) is 66.3 Å². The molecule has 0 saturated carbocycles. The zero-order valence-corrected chi connectivity index (χ0v) is 11.7. The van der Waals surface area contributed by atoms with Crippen LogP contribution in [-0.4, -0.2) is 16.2 Å². The van der Waals surface area contributed by atoms with Crippen LogP contribution in [0.1, 0.15) is 6.99 Å². The molecule has 1 N–H and O–H groups in total. The van der Waals surface area contributed by atoms with Crippen molar-refractivity contribution in [1.82, 2.24) is 9.97 Å². The molecule has 0 fully saturated rings. The average Bonchev–Trinajstić information content (AvgIpc) is 2.92. The molecule has 3 rings (SSSR count). The van der Waals surface area contributed by atoms with Crippen LogP contribution in [0.5, 0.6) is 0 Å². The van der Waals surface area contributed by atoms with E-state index in [-0.39, 0.29) is 1.43 Å². The zero-order valence-electron chi connectivity index (χ0n) is 10.8. The lowest BCUT2D eigenvalue weighted by Gasteiger charge is -1.85. The molecule has 0 unspecified atom stereocenters. The van der Waals surface area contributed by atoms with Gasteiger partial charge in [-0.05, 0) is 24.0 Å². The lowest BCUT2D eigenvalue weighted by Crippen LogP contribution is -1.67. The number of benzene rings is 2. The van der Waals surface area contributed by atoms with E-state index < -0.39 is 0 Å². The zero-order chi connectivity index (χ0) is 13.5. The number of para-hydroxylation sites is 2. The number of nitrogens with zero attached hydrogens (tertiary/aromatic N) is 1. The fraction of sp³-hybridized carbons (Fsp3) is 0.0625. The van der Waals surface area contributed by atoms with Gasteiger partial charge in [-0.15, -0.1) is 0 Å². The molecule has 0 aliphatic heterocycles. The van der Waals surface area contributed by atoms with Crippen molar-refractivity contribution in [3.63, 3.8) is 0 Å². The van der Waals surface area contributed by atoms with Crippen molar-refractivity contribution in [1.29, 1.82) is 0 Å². The second-order valence-electron chi connectivity index (χ2n) is 3.88. The van der Waals surface area contributed by atoms with E-state index in [9.17, 15) is 0 Å². The number of nitrogens with one attached hydrogen (secondary N) is 1. The first-order valence-electron chi connectivity index (χ1n) is 5.99. The molecule has 1 heterocycles. The molecule has 3 heteroatoms. The first-order chi connectivity index (χ1) is 9.33. The van der Waals surface area contributed by atoms with Crippen molar-refractivity contribution < 1.29 is 1.43 Å². The Morgan fingerprint density at radius 3 is 2.37 bits per heavy atom. The first kappa shape index (κ1) is 13.4. The second kappa shape index (κ2) is 6.81. The number of aromatic nitrogens is 2. The van der Waals surface area contributed by atoms with Gasteiger partial charge in [0.15, 0.2) is 5.16 Å². The third kappa shape index (κ3) is 3.73. The predicted molar refractivity (Wildman–Crippen MR) is 86.5 cm³/mol. The molecule has 19 heavy (non-hydrogen) atoms. The minimum atomic E-state index is 0. The number of aromatic amines is 1. The summed E-state index contributed by atoms with van der Waals surface area (Å²) in [5, 5.41) is 0.978. The molecule has 0 spiro atoms. The summed E-state index contributed by atoms with van der Waals surface area (Å²) in [6.07, 6.45) is 3.84. The van der Waals surface area contributed by atoms with Crippen molar-refractivity contribution in [2.24, 2.45) is 0 Å². The van der Waals surface area contributed by atoms with Crippen LogP contribution >= 0.6 is 11.8 Å². The molecule has 0 amide bonds. The van der Waals surface area contributed by atoms with E-state index >= 15 is 0 Å². The number of thioether (sulfide) groups is 1. The van der Waals surface area contributed by atoms with Gasteiger partial charge < -0.3 is 4.98 Å². The number of imidazole rings is 1. The Balaban J connectivity index is 0.000000200. The van der Waals surface area contributed by atoms with Gasteiger partial charge in [0.25, 0.3) is 0 Å². The van der Waals surface area contributed by atoms with Crippen molar-refractivity contribution in [2.45, 2.75) is 5.16 Å². The van der Waals surface area contributed by atoms with Gasteiger partial charge in [0.05, 0.1) is 11.0 Å². The standard InChI is InChI=1S/C8H8N2S.C8H8.H2/c1-11-8-9-6-4-2-3-5-7(6)10-8;1-2-8-6-4-3-5-7-8;/h2-5H,1H3,(H,9,10);2-7H,1H2;1H. The predicted octanol–water partition coefficient (Wildman–Crippen LogP) is 4.86. The van der Waals surface area contributed by atoms with Gasteiger partial charge in [-0.2, -0.15) is 0 Å². The Morgan fingerprint density at radius 1 is 1.11 bits per heavy atom. The van der Waals surface area contributed by atoms with Gasteiger partial charge in [0.2, 0.25) is 0 Å². The summed E-state index contributed by atoms with van der Waals surface area (Å²) < 4.78 is 0. The van der Waals surface area contributed by atoms with E-state index in [0.29, 0.717) is 0 Å². The maximum absolute atomic E-state index is 4.34. The molecular weight excluding hydrogens is 252 g/mol. The van der Waals surface area contributed by atoms with Crippen LogP contribution in [0.4, 0.5) is 0 Å². The number of fused-ring (bicyclic) bond motifs is 1. The summed E-state index contributed by atoms with van der Waals surface area (Å²) >= 11 is 1.63. The lowest BCUT2D eigenvalue weighted by atomic mass is 10.2. The van der Waals surface area contributed by atoms with E-state index in [1.165, 1.54) is 5.56 Å². The first-order valence-corrected chi connectivity index (χ1v) is 7.22. The molecule has 0 bridgehead atoms. The number of rotatable bonds is 2. The molecule has 2 nitrogen and oxygen atoms in total. The largest absolute Gasteiger partial charge is 0.333 e. The summed E-state index contributed by atoms with van der Waals surface area (Å²) in [4.78, 5) is 7.54. The monoisotopic (exact) mass is 270 g/mol. The number of hydrogen-bond acceptors (Lipinski definition) is 2. The molecule has 0 atom stereocenters. The van der Waals surface area contributed by atoms with E-state index in [2.05, 4.69) is 16.5 Å². The van der Waals surface area contributed by atoms with Gasteiger partial charge in [-0.25, -0.2) is 4.98 Å². The Bertz CT molecular complexity index is 617. The minimum Gasteiger partial charge on any atom is -0.333 e. The van der Waals surface area contributed by atoms with E-state index in [4.69, 9.17) is 0 Å². The smallest absolute Gasteiger partial charge is 0.166 e. The molecule has 0 aliphatic carbocycles. The Morgan fingerprint density at radius 2 is 1.79 bits per heavy atom.